The van der Waals surface area contributed by atoms with E-state index in [2.05, 4.69) is 15.4 Å². The first-order valence-corrected chi connectivity index (χ1v) is 9.30. The predicted octanol–water partition coefficient (Wildman–Crippen LogP) is 3.84. The standard InChI is InChI=1S/C21H21FN4O3/c1-28-16-6-4-5-15(13-16)25-9-11-26(12-10-25)21(27)23-20-14-19(29-24-20)17-7-2-3-8-18(17)22/h2-8,13-14H,9-12H2,1H3,(H,23,24,27). The number of carbonyl (C=O) groups is 1. The van der Waals surface area contributed by atoms with Crippen molar-refractivity contribution < 1.29 is 18.4 Å². The largest absolute Gasteiger partial charge is 0.497 e. The fraction of sp³-hybridized carbons (Fsp3) is 0.238. The summed E-state index contributed by atoms with van der Waals surface area (Å²) in [4.78, 5) is 16.5. The van der Waals surface area contributed by atoms with Gasteiger partial charge in [-0.05, 0) is 24.3 Å². The quantitative estimate of drug-likeness (QED) is 0.726. The third-order valence-corrected chi connectivity index (χ3v) is 4.87. The van der Waals surface area contributed by atoms with Crippen molar-refractivity contribution in [2.75, 3.05) is 43.5 Å². The first-order chi connectivity index (χ1) is 14.1. The minimum Gasteiger partial charge on any atom is -0.497 e. The van der Waals surface area contributed by atoms with Gasteiger partial charge < -0.3 is 19.1 Å². The zero-order valence-electron chi connectivity index (χ0n) is 16.0. The van der Waals surface area contributed by atoms with E-state index < -0.39 is 5.82 Å². The van der Waals surface area contributed by atoms with E-state index in [1.807, 2.05) is 24.3 Å². The number of rotatable bonds is 4. The van der Waals surface area contributed by atoms with Gasteiger partial charge in [0.1, 0.15) is 11.6 Å². The van der Waals surface area contributed by atoms with Gasteiger partial charge in [0.05, 0.1) is 12.7 Å². The van der Waals surface area contributed by atoms with Gasteiger partial charge in [-0.15, -0.1) is 0 Å². The number of anilines is 2. The molecule has 1 aliphatic heterocycles. The van der Waals surface area contributed by atoms with Crippen LogP contribution >= 0.6 is 0 Å². The number of hydrogen-bond donors (Lipinski definition) is 1. The fourth-order valence-corrected chi connectivity index (χ4v) is 3.29. The number of urea groups is 1. The summed E-state index contributed by atoms with van der Waals surface area (Å²) in [7, 11) is 1.64. The number of piperazine rings is 1. The van der Waals surface area contributed by atoms with Crippen molar-refractivity contribution in [2.24, 2.45) is 0 Å². The molecule has 2 heterocycles. The third kappa shape index (κ3) is 4.16. The summed E-state index contributed by atoms with van der Waals surface area (Å²) in [6.45, 7) is 2.56. The number of nitrogens with one attached hydrogen (secondary N) is 1. The molecule has 1 aliphatic rings. The second kappa shape index (κ2) is 8.22. The lowest BCUT2D eigenvalue weighted by atomic mass is 10.1. The van der Waals surface area contributed by atoms with Crippen LogP contribution in [0, 0.1) is 5.82 Å². The van der Waals surface area contributed by atoms with Gasteiger partial charge >= 0.3 is 6.03 Å². The number of benzene rings is 2. The lowest BCUT2D eigenvalue weighted by molar-refractivity contribution is 0.208. The van der Waals surface area contributed by atoms with Crippen LogP contribution in [0.15, 0.2) is 59.1 Å². The summed E-state index contributed by atoms with van der Waals surface area (Å²) in [5, 5.41) is 6.54. The van der Waals surface area contributed by atoms with Crippen molar-refractivity contribution in [3.63, 3.8) is 0 Å². The van der Waals surface area contributed by atoms with Crippen molar-refractivity contribution in [3.8, 4) is 17.1 Å². The number of nitrogens with zero attached hydrogens (tertiary/aromatic N) is 3. The Morgan fingerprint density at radius 3 is 2.66 bits per heavy atom. The van der Waals surface area contributed by atoms with Crippen LogP contribution in [0.1, 0.15) is 0 Å². The summed E-state index contributed by atoms with van der Waals surface area (Å²) in [5.41, 5.74) is 1.36. The number of aromatic nitrogens is 1. The van der Waals surface area contributed by atoms with Crippen LogP contribution in [0.2, 0.25) is 0 Å². The SMILES string of the molecule is COc1cccc(N2CCN(C(=O)Nc3cc(-c4ccccc4F)on3)CC2)c1. The molecule has 1 saturated heterocycles. The Kier molecular flexibility index (Phi) is 5.33. The maximum Gasteiger partial charge on any atom is 0.323 e. The molecular weight excluding hydrogens is 375 g/mol. The van der Waals surface area contributed by atoms with Gasteiger partial charge in [0, 0.05) is 44.0 Å². The summed E-state index contributed by atoms with van der Waals surface area (Å²) in [6, 6.07) is 15.4. The highest BCUT2D eigenvalue weighted by Gasteiger charge is 2.22. The van der Waals surface area contributed by atoms with Gasteiger partial charge in [0.2, 0.25) is 0 Å². The van der Waals surface area contributed by atoms with E-state index in [-0.39, 0.29) is 17.6 Å². The summed E-state index contributed by atoms with van der Waals surface area (Å²) in [5.74, 6) is 0.916. The van der Waals surface area contributed by atoms with Crippen molar-refractivity contribution in [1.82, 2.24) is 10.1 Å². The van der Waals surface area contributed by atoms with Crippen LogP contribution in [0.4, 0.5) is 20.7 Å². The van der Waals surface area contributed by atoms with Gasteiger partial charge in [-0.1, -0.05) is 23.4 Å². The van der Waals surface area contributed by atoms with Crippen molar-refractivity contribution in [3.05, 3.63) is 60.4 Å². The molecule has 0 spiro atoms. The van der Waals surface area contributed by atoms with Gasteiger partial charge in [-0.2, -0.15) is 0 Å². The molecule has 29 heavy (non-hydrogen) atoms. The lowest BCUT2D eigenvalue weighted by Gasteiger charge is -2.36. The minimum absolute atomic E-state index is 0.253. The van der Waals surface area contributed by atoms with Crippen LogP contribution in [-0.4, -0.2) is 49.4 Å². The van der Waals surface area contributed by atoms with Gasteiger partial charge in [-0.25, -0.2) is 9.18 Å². The average molecular weight is 396 g/mol. The van der Waals surface area contributed by atoms with Crippen LogP contribution in [-0.2, 0) is 0 Å². The maximum absolute atomic E-state index is 13.9. The van der Waals surface area contributed by atoms with E-state index in [1.54, 1.807) is 30.2 Å². The van der Waals surface area contributed by atoms with E-state index in [9.17, 15) is 9.18 Å². The molecule has 0 bridgehead atoms. The maximum atomic E-state index is 13.9. The number of methoxy groups -OCH3 is 1. The molecular formula is C21H21FN4O3. The molecule has 4 rings (SSSR count). The van der Waals surface area contributed by atoms with E-state index in [0.717, 1.165) is 11.4 Å². The second-order valence-electron chi connectivity index (χ2n) is 6.66. The van der Waals surface area contributed by atoms with Crippen molar-refractivity contribution in [1.29, 1.82) is 0 Å². The second-order valence-corrected chi connectivity index (χ2v) is 6.66. The Morgan fingerprint density at radius 1 is 1.10 bits per heavy atom. The normalized spacial score (nSPS) is 14.0. The van der Waals surface area contributed by atoms with Crippen LogP contribution in [0.5, 0.6) is 5.75 Å². The molecule has 3 aromatic rings. The Labute approximate surface area is 167 Å². The molecule has 0 atom stereocenters. The Morgan fingerprint density at radius 2 is 1.90 bits per heavy atom. The average Bonchev–Trinajstić information content (AvgIpc) is 3.22. The van der Waals surface area contributed by atoms with E-state index in [0.29, 0.717) is 31.7 Å². The molecule has 1 aromatic heterocycles. The third-order valence-electron chi connectivity index (χ3n) is 4.87. The van der Waals surface area contributed by atoms with Gasteiger partial charge in [0.15, 0.2) is 11.6 Å². The molecule has 0 saturated carbocycles. The monoisotopic (exact) mass is 396 g/mol. The first kappa shape index (κ1) is 18.8. The zero-order chi connectivity index (χ0) is 20.2. The molecule has 1 N–H and O–H groups in total. The summed E-state index contributed by atoms with van der Waals surface area (Å²) in [6.07, 6.45) is 0. The lowest BCUT2D eigenvalue weighted by Crippen LogP contribution is -2.50. The van der Waals surface area contributed by atoms with Crippen LogP contribution in [0.3, 0.4) is 0 Å². The van der Waals surface area contributed by atoms with E-state index in [4.69, 9.17) is 9.26 Å². The number of halogens is 1. The van der Waals surface area contributed by atoms with Crippen molar-refractivity contribution >= 4 is 17.5 Å². The Bertz CT molecular complexity index is 999. The van der Waals surface area contributed by atoms with Gasteiger partial charge in [-0.3, -0.25) is 5.32 Å². The molecule has 2 amide bonds. The summed E-state index contributed by atoms with van der Waals surface area (Å²) >= 11 is 0. The number of hydrogen-bond acceptors (Lipinski definition) is 5. The van der Waals surface area contributed by atoms with E-state index in [1.165, 1.54) is 12.1 Å². The van der Waals surface area contributed by atoms with Crippen LogP contribution in [0.25, 0.3) is 11.3 Å². The highest BCUT2D eigenvalue weighted by Crippen LogP contribution is 2.25. The molecule has 0 unspecified atom stereocenters. The minimum atomic E-state index is -0.407. The molecule has 1 fully saturated rings. The highest BCUT2D eigenvalue weighted by molar-refractivity contribution is 5.89. The predicted molar refractivity (Wildman–Crippen MR) is 108 cm³/mol. The van der Waals surface area contributed by atoms with E-state index >= 15 is 0 Å². The molecule has 2 aromatic carbocycles. The molecule has 7 nitrogen and oxygen atoms in total. The fourth-order valence-electron chi connectivity index (χ4n) is 3.29. The first-order valence-electron chi connectivity index (χ1n) is 9.30. The molecule has 8 heteroatoms. The van der Waals surface area contributed by atoms with Crippen molar-refractivity contribution in [2.45, 2.75) is 0 Å². The molecule has 0 aliphatic carbocycles. The highest BCUT2D eigenvalue weighted by atomic mass is 19.1. The van der Waals surface area contributed by atoms with Crippen LogP contribution < -0.4 is 15.0 Å². The molecule has 0 radical (unpaired) electrons. The number of carbonyl (C=O) groups excluding carboxylic acids is 1. The summed E-state index contributed by atoms with van der Waals surface area (Å²) < 4.78 is 24.3. The Balaban J connectivity index is 1.35. The number of ether oxygens (including phenoxy) is 1. The molecule has 150 valence electrons. The Hall–Kier alpha value is -3.55. The topological polar surface area (TPSA) is 70.8 Å². The smallest absolute Gasteiger partial charge is 0.323 e. The number of amides is 2. The van der Waals surface area contributed by atoms with Gasteiger partial charge in [0.25, 0.3) is 0 Å². The zero-order valence-corrected chi connectivity index (χ0v) is 16.0.